The van der Waals surface area contributed by atoms with Crippen LogP contribution in [0.5, 0.6) is 5.75 Å². The van der Waals surface area contributed by atoms with Crippen LogP contribution < -0.4 is 16.0 Å². The van der Waals surface area contributed by atoms with E-state index in [0.29, 0.717) is 27.9 Å². The van der Waals surface area contributed by atoms with Gasteiger partial charge in [-0.1, -0.05) is 31.2 Å². The third-order valence-electron chi connectivity index (χ3n) is 5.25. The van der Waals surface area contributed by atoms with E-state index in [0.717, 1.165) is 39.0 Å². The summed E-state index contributed by atoms with van der Waals surface area (Å²) in [6, 6.07) is 11.5. The van der Waals surface area contributed by atoms with E-state index in [4.69, 9.17) is 10.5 Å². The number of halogens is 1. The third-order valence-corrected chi connectivity index (χ3v) is 6.17. The Labute approximate surface area is 165 Å². The first kappa shape index (κ1) is 18.7. The molecule has 0 bridgehead atoms. The maximum atomic E-state index is 14.1. The predicted molar refractivity (Wildman–Crippen MR) is 114 cm³/mol. The molecule has 2 aromatic heterocycles. The number of hydrogen-bond donors (Lipinski definition) is 2. The normalized spacial score (nSPS) is 12.6. The van der Waals surface area contributed by atoms with E-state index in [-0.39, 0.29) is 16.6 Å². The highest BCUT2D eigenvalue weighted by Gasteiger charge is 2.19. The Hall–Kier alpha value is -2.70. The average molecular weight is 396 g/mol. The van der Waals surface area contributed by atoms with Gasteiger partial charge >= 0.3 is 0 Å². The van der Waals surface area contributed by atoms with Crippen LogP contribution in [0.4, 0.5) is 4.39 Å². The first-order chi connectivity index (χ1) is 13.4. The van der Waals surface area contributed by atoms with Crippen LogP contribution in [0, 0.1) is 12.1 Å². The largest absolute Gasteiger partial charge is 0.496 e. The number of benzene rings is 2. The zero-order valence-electron chi connectivity index (χ0n) is 15.9. The summed E-state index contributed by atoms with van der Waals surface area (Å²) >= 11 is 0.861. The summed E-state index contributed by atoms with van der Waals surface area (Å²) in [4.78, 5) is 15.4. The topological polar surface area (TPSA) is 68.1 Å². The average Bonchev–Trinajstić information content (AvgIpc) is 3.10. The van der Waals surface area contributed by atoms with Gasteiger partial charge in [-0.3, -0.25) is 4.79 Å². The van der Waals surface area contributed by atoms with E-state index in [9.17, 15) is 9.18 Å². The molecule has 2 heterocycles. The summed E-state index contributed by atoms with van der Waals surface area (Å²) in [5, 5.41) is 1.02. The van der Waals surface area contributed by atoms with Crippen molar-refractivity contribution in [3.63, 3.8) is 0 Å². The standard InChI is InChI=1S/C22H21FN2O2S/c1-11-8-16(27-3)18(14-6-4-13(5-7-14)12(2)10-24)19-15-9-17(23)28-21(15)22(26)25-20(11)19/h4-9,12H,10,24H2,1-3H3,(H,25,26). The molecule has 0 spiro atoms. The maximum absolute atomic E-state index is 14.1. The lowest BCUT2D eigenvalue weighted by atomic mass is 9.93. The van der Waals surface area contributed by atoms with Crippen LogP contribution in [0.25, 0.3) is 32.1 Å². The summed E-state index contributed by atoms with van der Waals surface area (Å²) < 4.78 is 20.1. The van der Waals surface area contributed by atoms with Gasteiger partial charge in [-0.2, -0.15) is 4.39 Å². The number of aromatic nitrogens is 1. The Morgan fingerprint density at radius 1 is 1.25 bits per heavy atom. The van der Waals surface area contributed by atoms with Gasteiger partial charge in [0.1, 0.15) is 10.4 Å². The molecular formula is C22H21FN2O2S. The smallest absolute Gasteiger partial charge is 0.266 e. The monoisotopic (exact) mass is 396 g/mol. The molecule has 0 radical (unpaired) electrons. The lowest BCUT2D eigenvalue weighted by Crippen LogP contribution is -2.08. The molecule has 4 nitrogen and oxygen atoms in total. The quantitative estimate of drug-likeness (QED) is 0.514. The van der Waals surface area contributed by atoms with Gasteiger partial charge in [-0.05, 0) is 48.2 Å². The lowest BCUT2D eigenvalue weighted by Gasteiger charge is -2.16. The summed E-state index contributed by atoms with van der Waals surface area (Å²) in [6.45, 7) is 4.57. The molecule has 1 atom stereocenters. The van der Waals surface area contributed by atoms with Gasteiger partial charge in [0.15, 0.2) is 5.13 Å². The Balaban J connectivity index is 2.11. The third kappa shape index (κ3) is 2.89. The second-order valence-electron chi connectivity index (χ2n) is 7.03. The molecule has 2 aromatic carbocycles. The molecule has 0 saturated carbocycles. The molecule has 3 N–H and O–H groups in total. The molecule has 0 saturated heterocycles. The highest BCUT2D eigenvalue weighted by Crippen LogP contribution is 2.42. The zero-order chi connectivity index (χ0) is 20.0. The summed E-state index contributed by atoms with van der Waals surface area (Å²) in [7, 11) is 1.62. The van der Waals surface area contributed by atoms with Crippen molar-refractivity contribution in [2.24, 2.45) is 5.73 Å². The highest BCUT2D eigenvalue weighted by molar-refractivity contribution is 7.17. The Bertz CT molecular complexity index is 1240. The van der Waals surface area contributed by atoms with Crippen molar-refractivity contribution in [1.29, 1.82) is 0 Å². The van der Waals surface area contributed by atoms with Gasteiger partial charge < -0.3 is 15.5 Å². The van der Waals surface area contributed by atoms with Crippen molar-refractivity contribution in [2.75, 3.05) is 13.7 Å². The second kappa shape index (κ2) is 7.04. The number of ether oxygens (including phenoxy) is 1. The van der Waals surface area contributed by atoms with Gasteiger partial charge in [0.2, 0.25) is 0 Å². The van der Waals surface area contributed by atoms with Gasteiger partial charge in [0, 0.05) is 16.3 Å². The maximum Gasteiger partial charge on any atom is 0.266 e. The minimum Gasteiger partial charge on any atom is -0.496 e. The number of fused-ring (bicyclic) bond motifs is 3. The van der Waals surface area contributed by atoms with E-state index >= 15 is 0 Å². The number of aromatic amines is 1. The molecule has 4 rings (SSSR count). The van der Waals surface area contributed by atoms with Crippen molar-refractivity contribution < 1.29 is 9.13 Å². The molecule has 4 aromatic rings. The fourth-order valence-corrected chi connectivity index (χ4v) is 4.45. The fourth-order valence-electron chi connectivity index (χ4n) is 3.66. The molecule has 0 fully saturated rings. The predicted octanol–water partition coefficient (Wildman–Crippen LogP) is 4.93. The zero-order valence-corrected chi connectivity index (χ0v) is 16.7. The van der Waals surface area contributed by atoms with E-state index in [1.165, 1.54) is 6.07 Å². The number of H-pyrrole nitrogens is 1. The molecule has 0 aliphatic heterocycles. The number of methoxy groups -OCH3 is 1. The van der Waals surface area contributed by atoms with Gasteiger partial charge in [-0.15, -0.1) is 11.3 Å². The summed E-state index contributed by atoms with van der Waals surface area (Å²) in [5.74, 6) is 0.948. The Morgan fingerprint density at radius 3 is 2.61 bits per heavy atom. The number of nitrogens with one attached hydrogen (secondary N) is 1. The van der Waals surface area contributed by atoms with Crippen LogP contribution >= 0.6 is 11.3 Å². The van der Waals surface area contributed by atoms with Crippen LogP contribution in [0.3, 0.4) is 0 Å². The Morgan fingerprint density at radius 2 is 1.96 bits per heavy atom. The van der Waals surface area contributed by atoms with Gasteiger partial charge in [-0.25, -0.2) is 0 Å². The van der Waals surface area contributed by atoms with E-state index in [1.54, 1.807) is 7.11 Å². The van der Waals surface area contributed by atoms with Gasteiger partial charge in [0.05, 0.1) is 12.6 Å². The fraction of sp³-hybridized carbons (Fsp3) is 0.227. The number of pyridine rings is 1. The molecule has 0 aliphatic rings. The van der Waals surface area contributed by atoms with Crippen LogP contribution in [-0.2, 0) is 0 Å². The molecule has 0 aliphatic carbocycles. The van der Waals surface area contributed by atoms with Crippen molar-refractivity contribution in [2.45, 2.75) is 19.8 Å². The Kier molecular flexibility index (Phi) is 4.69. The highest BCUT2D eigenvalue weighted by atomic mass is 32.1. The molecule has 6 heteroatoms. The van der Waals surface area contributed by atoms with Crippen LogP contribution in [0.1, 0.15) is 24.0 Å². The number of hydrogen-bond acceptors (Lipinski definition) is 4. The molecule has 0 amide bonds. The number of rotatable bonds is 4. The SMILES string of the molecule is COc1cc(C)c2[nH]c(=O)c3sc(F)cc3c2c1-c1ccc(C(C)CN)cc1. The minimum absolute atomic E-state index is 0.264. The van der Waals surface area contributed by atoms with Crippen molar-refractivity contribution in [3.05, 3.63) is 63.0 Å². The van der Waals surface area contributed by atoms with Crippen LogP contribution in [0.2, 0.25) is 0 Å². The number of nitrogens with two attached hydrogens (primary N) is 1. The first-order valence-electron chi connectivity index (χ1n) is 9.07. The van der Waals surface area contributed by atoms with Crippen molar-refractivity contribution in [3.8, 4) is 16.9 Å². The second-order valence-corrected chi connectivity index (χ2v) is 8.03. The summed E-state index contributed by atoms with van der Waals surface area (Å²) in [6.07, 6.45) is 0. The van der Waals surface area contributed by atoms with Crippen molar-refractivity contribution >= 4 is 32.3 Å². The van der Waals surface area contributed by atoms with E-state index < -0.39 is 0 Å². The minimum atomic E-state index is -0.383. The summed E-state index contributed by atoms with van der Waals surface area (Å²) in [5.41, 5.74) is 10.0. The lowest BCUT2D eigenvalue weighted by molar-refractivity contribution is 0.416. The van der Waals surface area contributed by atoms with Crippen molar-refractivity contribution in [1.82, 2.24) is 4.98 Å². The number of thiophene rings is 1. The van der Waals surface area contributed by atoms with Crippen LogP contribution in [-0.4, -0.2) is 18.6 Å². The molecule has 28 heavy (non-hydrogen) atoms. The van der Waals surface area contributed by atoms with E-state index in [2.05, 4.69) is 24.0 Å². The molecule has 1 unspecified atom stereocenters. The van der Waals surface area contributed by atoms with E-state index in [1.807, 2.05) is 25.1 Å². The van der Waals surface area contributed by atoms with Crippen LogP contribution in [0.15, 0.2) is 41.2 Å². The van der Waals surface area contributed by atoms with Gasteiger partial charge in [0.25, 0.3) is 5.56 Å². The molecule has 144 valence electrons. The molecular weight excluding hydrogens is 375 g/mol. The number of aryl methyl sites for hydroxylation is 1. The first-order valence-corrected chi connectivity index (χ1v) is 9.89.